The Morgan fingerprint density at radius 3 is 1.97 bits per heavy atom. The summed E-state index contributed by atoms with van der Waals surface area (Å²) in [6, 6.07) is 7.23. The lowest BCUT2D eigenvalue weighted by Crippen LogP contribution is -2.52. The lowest BCUT2D eigenvalue weighted by atomic mass is 10.1. The highest BCUT2D eigenvalue weighted by Gasteiger charge is 2.41. The molecule has 0 aliphatic carbocycles. The van der Waals surface area contributed by atoms with Gasteiger partial charge in [0.15, 0.2) is 0 Å². The van der Waals surface area contributed by atoms with Crippen molar-refractivity contribution in [3.63, 3.8) is 0 Å². The summed E-state index contributed by atoms with van der Waals surface area (Å²) in [6.07, 6.45) is 6.13. The standard InChI is InChI=1S/C15H25N3O3.C8H10O.C5H10O.C2H6/c1-3-6-13(19)17-9-5-8-12(17)15(21)18-10-4-7-11(18)14(20)16-2;1-7-4-3-5-8(6-7)9-2;1-3-4-5(2)6;1-2/h11-12H,3-10H2,1-2H3,(H,16,20);3-6H,1-2H3;3-4H2,1-2H3;1-2H3. The maximum Gasteiger partial charge on any atom is 0.246 e. The predicted octanol–water partition coefficient (Wildman–Crippen LogP) is 4.92. The molecule has 2 saturated heterocycles. The van der Waals surface area contributed by atoms with Crippen molar-refractivity contribution in [2.24, 2.45) is 0 Å². The van der Waals surface area contributed by atoms with Gasteiger partial charge in [0.1, 0.15) is 23.6 Å². The van der Waals surface area contributed by atoms with Crippen LogP contribution >= 0.6 is 0 Å². The molecular formula is C30H51N3O5. The summed E-state index contributed by atoms with van der Waals surface area (Å²) in [7, 11) is 3.27. The van der Waals surface area contributed by atoms with E-state index < -0.39 is 0 Å². The number of rotatable bonds is 7. The molecule has 1 aromatic rings. The highest BCUT2D eigenvalue weighted by molar-refractivity contribution is 5.92. The molecule has 38 heavy (non-hydrogen) atoms. The van der Waals surface area contributed by atoms with Gasteiger partial charge in [0.25, 0.3) is 0 Å². The summed E-state index contributed by atoms with van der Waals surface area (Å²) >= 11 is 0. The Labute approximate surface area is 230 Å². The molecule has 1 N–H and O–H groups in total. The Balaban J connectivity index is 0.000000662. The lowest BCUT2D eigenvalue weighted by molar-refractivity contribution is -0.146. The maximum atomic E-state index is 12.7. The number of ketones is 1. The van der Waals surface area contributed by atoms with Gasteiger partial charge in [-0.1, -0.05) is 39.8 Å². The van der Waals surface area contributed by atoms with Crippen LogP contribution < -0.4 is 10.1 Å². The molecule has 2 atom stereocenters. The molecule has 0 aromatic heterocycles. The van der Waals surface area contributed by atoms with Crippen LogP contribution in [0.1, 0.15) is 91.5 Å². The number of Topliss-reactive ketones (excluding diaryl/α,β-unsaturated/α-hetero) is 1. The Morgan fingerprint density at radius 2 is 1.53 bits per heavy atom. The number of likely N-dealkylation sites (tertiary alicyclic amines) is 2. The molecule has 8 heteroatoms. The fourth-order valence-electron chi connectivity index (χ4n) is 4.43. The maximum absolute atomic E-state index is 12.7. The highest BCUT2D eigenvalue weighted by atomic mass is 16.5. The summed E-state index contributed by atoms with van der Waals surface area (Å²) in [6.45, 7) is 12.9. The molecule has 1 aromatic carbocycles. The van der Waals surface area contributed by atoms with Crippen molar-refractivity contribution in [3.05, 3.63) is 29.8 Å². The highest BCUT2D eigenvalue weighted by Crippen LogP contribution is 2.25. The van der Waals surface area contributed by atoms with E-state index in [0.29, 0.717) is 32.4 Å². The monoisotopic (exact) mass is 533 g/mol. The normalized spacial score (nSPS) is 17.6. The van der Waals surface area contributed by atoms with Crippen LogP contribution in [-0.4, -0.2) is 72.6 Å². The summed E-state index contributed by atoms with van der Waals surface area (Å²) in [4.78, 5) is 50.2. The predicted molar refractivity (Wildman–Crippen MR) is 153 cm³/mol. The molecule has 0 bridgehead atoms. The van der Waals surface area contributed by atoms with Crippen molar-refractivity contribution in [2.45, 2.75) is 105 Å². The SMILES string of the molecule is CC.CCCC(=O)N1CCCC1C(=O)N1CCCC1C(=O)NC.CCCC(C)=O.COc1cccc(C)c1. The zero-order valence-electron chi connectivity index (χ0n) is 25.0. The number of ether oxygens (including phenoxy) is 1. The molecule has 2 heterocycles. The number of aryl methyl sites for hydroxylation is 1. The van der Waals surface area contributed by atoms with Crippen molar-refractivity contribution < 1.29 is 23.9 Å². The van der Waals surface area contributed by atoms with Crippen molar-refractivity contribution in [2.75, 3.05) is 27.2 Å². The van der Waals surface area contributed by atoms with Gasteiger partial charge in [-0.15, -0.1) is 0 Å². The van der Waals surface area contributed by atoms with Crippen LogP contribution in [0.5, 0.6) is 5.75 Å². The van der Waals surface area contributed by atoms with Crippen LogP contribution in [0.25, 0.3) is 0 Å². The Kier molecular flexibility index (Phi) is 18.6. The van der Waals surface area contributed by atoms with Gasteiger partial charge in [0.05, 0.1) is 7.11 Å². The molecule has 3 amide bonds. The van der Waals surface area contributed by atoms with Gasteiger partial charge in [0.2, 0.25) is 17.7 Å². The first-order valence-electron chi connectivity index (χ1n) is 14.1. The number of hydrogen-bond donors (Lipinski definition) is 1. The number of hydrogen-bond acceptors (Lipinski definition) is 5. The first-order valence-corrected chi connectivity index (χ1v) is 14.1. The van der Waals surface area contributed by atoms with Crippen molar-refractivity contribution in [1.29, 1.82) is 0 Å². The number of nitrogens with zero attached hydrogens (tertiary/aromatic N) is 2. The second kappa shape index (κ2) is 20.1. The van der Waals surface area contributed by atoms with Gasteiger partial charge in [-0.3, -0.25) is 14.4 Å². The first kappa shape index (κ1) is 35.1. The average molecular weight is 534 g/mol. The van der Waals surface area contributed by atoms with Gasteiger partial charge in [-0.25, -0.2) is 0 Å². The zero-order chi connectivity index (χ0) is 29.1. The molecule has 2 aliphatic heterocycles. The molecule has 2 aliphatic rings. The van der Waals surface area contributed by atoms with Crippen LogP contribution in [0.4, 0.5) is 0 Å². The molecule has 0 spiro atoms. The molecule has 3 rings (SSSR count). The quantitative estimate of drug-likeness (QED) is 0.537. The third-order valence-electron chi connectivity index (χ3n) is 6.23. The van der Waals surface area contributed by atoms with E-state index in [1.54, 1.807) is 30.9 Å². The van der Waals surface area contributed by atoms with Crippen LogP contribution in [-0.2, 0) is 19.2 Å². The van der Waals surface area contributed by atoms with E-state index in [9.17, 15) is 19.2 Å². The zero-order valence-corrected chi connectivity index (χ0v) is 25.0. The Hall–Kier alpha value is -2.90. The van der Waals surface area contributed by atoms with Gasteiger partial charge in [-0.2, -0.15) is 0 Å². The minimum atomic E-state index is -0.369. The van der Waals surface area contributed by atoms with E-state index in [-0.39, 0.29) is 35.6 Å². The molecule has 8 nitrogen and oxygen atoms in total. The number of carbonyl (C=O) groups is 4. The second-order valence-corrected chi connectivity index (χ2v) is 9.27. The molecular weight excluding hydrogens is 482 g/mol. The number of likely N-dealkylation sites (N-methyl/N-ethyl adjacent to an activating group) is 1. The van der Waals surface area contributed by atoms with E-state index in [0.717, 1.165) is 37.9 Å². The van der Waals surface area contributed by atoms with Gasteiger partial charge < -0.3 is 24.6 Å². The number of amides is 3. The number of methoxy groups -OCH3 is 1. The summed E-state index contributed by atoms with van der Waals surface area (Å²) in [5.74, 6) is 1.12. The Morgan fingerprint density at radius 1 is 0.947 bits per heavy atom. The third-order valence-corrected chi connectivity index (χ3v) is 6.23. The summed E-state index contributed by atoms with van der Waals surface area (Å²) in [5, 5.41) is 2.62. The van der Waals surface area contributed by atoms with Crippen LogP contribution in [0.2, 0.25) is 0 Å². The van der Waals surface area contributed by atoms with Crippen molar-refractivity contribution >= 4 is 23.5 Å². The number of carbonyl (C=O) groups excluding carboxylic acids is 4. The van der Waals surface area contributed by atoms with Crippen LogP contribution in [0.15, 0.2) is 24.3 Å². The number of nitrogens with one attached hydrogen (secondary N) is 1. The lowest BCUT2D eigenvalue weighted by Gasteiger charge is -2.30. The van der Waals surface area contributed by atoms with E-state index >= 15 is 0 Å². The topological polar surface area (TPSA) is 96.0 Å². The van der Waals surface area contributed by atoms with E-state index in [2.05, 4.69) is 5.32 Å². The summed E-state index contributed by atoms with van der Waals surface area (Å²) < 4.78 is 5.00. The second-order valence-electron chi connectivity index (χ2n) is 9.27. The van der Waals surface area contributed by atoms with Crippen LogP contribution in [0, 0.1) is 6.92 Å². The molecule has 2 fully saturated rings. The van der Waals surface area contributed by atoms with Gasteiger partial charge in [-0.05, 0) is 70.1 Å². The minimum Gasteiger partial charge on any atom is -0.497 e. The van der Waals surface area contributed by atoms with Crippen molar-refractivity contribution in [3.8, 4) is 5.75 Å². The minimum absolute atomic E-state index is 0.0527. The average Bonchev–Trinajstić information content (AvgIpc) is 3.60. The summed E-state index contributed by atoms with van der Waals surface area (Å²) in [5.41, 5.74) is 1.23. The van der Waals surface area contributed by atoms with E-state index in [4.69, 9.17) is 4.74 Å². The van der Waals surface area contributed by atoms with Crippen LogP contribution in [0.3, 0.4) is 0 Å². The third kappa shape index (κ3) is 12.1. The van der Waals surface area contributed by atoms with E-state index in [1.807, 2.05) is 58.9 Å². The fraction of sp³-hybridized carbons (Fsp3) is 0.667. The van der Waals surface area contributed by atoms with E-state index in [1.165, 1.54) is 5.56 Å². The molecule has 0 radical (unpaired) electrons. The smallest absolute Gasteiger partial charge is 0.246 e. The first-order chi connectivity index (χ1) is 18.2. The molecule has 216 valence electrons. The number of benzene rings is 1. The molecule has 2 unspecified atom stereocenters. The van der Waals surface area contributed by atoms with Crippen molar-refractivity contribution in [1.82, 2.24) is 15.1 Å². The van der Waals surface area contributed by atoms with Gasteiger partial charge in [0, 0.05) is 33.0 Å². The Bertz CT molecular complexity index is 858. The largest absolute Gasteiger partial charge is 0.497 e. The van der Waals surface area contributed by atoms with Gasteiger partial charge >= 0.3 is 0 Å². The fourth-order valence-corrected chi connectivity index (χ4v) is 4.43. The molecule has 0 saturated carbocycles.